The number of nitrogens with one attached hydrogen (secondary N) is 1. The van der Waals surface area contributed by atoms with Crippen molar-refractivity contribution >= 4 is 17.7 Å². The van der Waals surface area contributed by atoms with Gasteiger partial charge in [0.05, 0.1) is 6.61 Å². The van der Waals surface area contributed by atoms with E-state index in [1.54, 1.807) is 36.4 Å². The summed E-state index contributed by atoms with van der Waals surface area (Å²) < 4.78 is 5.32. The fourth-order valence-electron chi connectivity index (χ4n) is 2.59. The van der Waals surface area contributed by atoms with Crippen LogP contribution < -0.4 is 10.1 Å². The maximum absolute atomic E-state index is 12.2. The molecule has 1 atom stereocenters. The van der Waals surface area contributed by atoms with Gasteiger partial charge in [0.2, 0.25) is 5.91 Å². The van der Waals surface area contributed by atoms with Crippen LogP contribution in [-0.2, 0) is 16.0 Å². The summed E-state index contributed by atoms with van der Waals surface area (Å²) in [5, 5.41) is 11.8. The van der Waals surface area contributed by atoms with E-state index in [1.165, 1.54) is 0 Å². The molecule has 0 aromatic heterocycles. The lowest BCUT2D eigenvalue weighted by molar-refractivity contribution is -0.141. The highest BCUT2D eigenvalue weighted by Gasteiger charge is 2.20. The number of aliphatic carboxylic acids is 1. The van der Waals surface area contributed by atoms with Crippen molar-refractivity contribution in [3.05, 3.63) is 65.7 Å². The molecule has 2 N–H and O–H groups in total. The summed E-state index contributed by atoms with van der Waals surface area (Å²) in [7, 11) is 0. The maximum atomic E-state index is 12.2. The summed E-state index contributed by atoms with van der Waals surface area (Å²) in [5.41, 5.74) is 1.31. The summed E-state index contributed by atoms with van der Waals surface area (Å²) in [4.78, 5) is 35.7. The summed E-state index contributed by atoms with van der Waals surface area (Å²) >= 11 is 0. The molecule has 6 heteroatoms. The smallest absolute Gasteiger partial charge is 0.326 e. The number of carbonyl (C=O) groups is 3. The van der Waals surface area contributed by atoms with Gasteiger partial charge < -0.3 is 15.2 Å². The number of carboxylic acid groups (broad SMARTS) is 1. The van der Waals surface area contributed by atoms with E-state index >= 15 is 0 Å². The SMILES string of the molecule is CCOc1ccc(C(=O)CCC(=O)N[C@@H](Cc2ccccc2)C(=O)O)cc1. The molecule has 0 bridgehead atoms. The zero-order valence-corrected chi connectivity index (χ0v) is 15.2. The van der Waals surface area contributed by atoms with Crippen molar-refractivity contribution in [2.75, 3.05) is 6.61 Å². The molecular formula is C21H23NO5. The second-order valence-corrected chi connectivity index (χ2v) is 6.03. The lowest BCUT2D eigenvalue weighted by atomic mass is 10.0. The molecule has 1 amide bonds. The van der Waals surface area contributed by atoms with E-state index in [4.69, 9.17) is 4.74 Å². The van der Waals surface area contributed by atoms with Crippen molar-refractivity contribution in [1.29, 1.82) is 0 Å². The predicted octanol–water partition coefficient (Wildman–Crippen LogP) is 2.86. The standard InChI is InChI=1S/C21H23NO5/c1-2-27-17-10-8-16(9-11-17)19(23)12-13-20(24)22-18(21(25)26)14-15-6-4-3-5-7-15/h3-11,18H,2,12-14H2,1H3,(H,22,24)(H,25,26)/t18-/m0/s1. The Labute approximate surface area is 158 Å². The number of carboxylic acids is 1. The minimum absolute atomic E-state index is 0.0114. The molecule has 0 radical (unpaired) electrons. The molecule has 27 heavy (non-hydrogen) atoms. The van der Waals surface area contributed by atoms with Crippen molar-refractivity contribution in [3.8, 4) is 5.75 Å². The van der Waals surface area contributed by atoms with Crippen molar-refractivity contribution in [2.24, 2.45) is 0 Å². The second-order valence-electron chi connectivity index (χ2n) is 6.03. The van der Waals surface area contributed by atoms with Crippen LogP contribution in [0.25, 0.3) is 0 Å². The molecule has 0 aliphatic rings. The quantitative estimate of drug-likeness (QED) is 0.628. The van der Waals surface area contributed by atoms with E-state index < -0.39 is 17.9 Å². The molecule has 0 fully saturated rings. The Morgan fingerprint density at radius 3 is 2.26 bits per heavy atom. The Morgan fingerprint density at radius 1 is 1.00 bits per heavy atom. The van der Waals surface area contributed by atoms with E-state index in [9.17, 15) is 19.5 Å². The Morgan fingerprint density at radius 2 is 1.67 bits per heavy atom. The van der Waals surface area contributed by atoms with Crippen molar-refractivity contribution in [3.63, 3.8) is 0 Å². The molecule has 0 saturated carbocycles. The summed E-state index contributed by atoms with van der Waals surface area (Å²) in [5.74, 6) is -1.07. The summed E-state index contributed by atoms with van der Waals surface area (Å²) in [6.07, 6.45) is 0.136. The third-order valence-electron chi connectivity index (χ3n) is 3.98. The van der Waals surface area contributed by atoms with E-state index in [-0.39, 0.29) is 25.0 Å². The second kappa shape index (κ2) is 10.1. The average molecular weight is 369 g/mol. The van der Waals surface area contributed by atoms with Crippen LogP contribution in [0, 0.1) is 0 Å². The Balaban J connectivity index is 1.86. The van der Waals surface area contributed by atoms with E-state index in [0.29, 0.717) is 17.9 Å². The van der Waals surface area contributed by atoms with E-state index in [0.717, 1.165) is 5.56 Å². The fourth-order valence-corrected chi connectivity index (χ4v) is 2.59. The fraction of sp³-hybridized carbons (Fsp3) is 0.286. The number of ether oxygens (including phenoxy) is 1. The first-order chi connectivity index (χ1) is 13.0. The Bertz CT molecular complexity index is 771. The highest BCUT2D eigenvalue weighted by molar-refractivity contribution is 5.98. The molecular weight excluding hydrogens is 346 g/mol. The van der Waals surface area contributed by atoms with Crippen molar-refractivity contribution in [2.45, 2.75) is 32.2 Å². The minimum atomic E-state index is -1.11. The highest BCUT2D eigenvalue weighted by Crippen LogP contribution is 2.14. The topological polar surface area (TPSA) is 92.7 Å². The van der Waals surface area contributed by atoms with Gasteiger partial charge in [0.15, 0.2) is 5.78 Å². The zero-order valence-electron chi connectivity index (χ0n) is 15.2. The van der Waals surface area contributed by atoms with Gasteiger partial charge in [0, 0.05) is 24.8 Å². The van der Waals surface area contributed by atoms with Crippen LogP contribution in [0.1, 0.15) is 35.7 Å². The molecule has 0 spiro atoms. The molecule has 0 unspecified atom stereocenters. The van der Waals surface area contributed by atoms with Gasteiger partial charge in [-0.15, -0.1) is 0 Å². The molecule has 6 nitrogen and oxygen atoms in total. The van der Waals surface area contributed by atoms with Gasteiger partial charge in [-0.2, -0.15) is 0 Å². The van der Waals surface area contributed by atoms with Crippen LogP contribution in [0.2, 0.25) is 0 Å². The first-order valence-corrected chi connectivity index (χ1v) is 8.81. The van der Waals surface area contributed by atoms with Crippen LogP contribution in [0.4, 0.5) is 0 Å². The third-order valence-corrected chi connectivity index (χ3v) is 3.98. The summed E-state index contributed by atoms with van der Waals surface area (Å²) in [6, 6.07) is 14.8. The molecule has 0 aliphatic carbocycles. The van der Waals surface area contributed by atoms with Crippen LogP contribution in [0.15, 0.2) is 54.6 Å². The number of carbonyl (C=O) groups excluding carboxylic acids is 2. The third kappa shape index (κ3) is 6.58. The minimum Gasteiger partial charge on any atom is -0.494 e. The van der Waals surface area contributed by atoms with Crippen LogP contribution in [0.3, 0.4) is 0 Å². The molecule has 2 rings (SSSR count). The number of amides is 1. The van der Waals surface area contributed by atoms with Gasteiger partial charge in [-0.05, 0) is 36.8 Å². The van der Waals surface area contributed by atoms with Gasteiger partial charge in [-0.3, -0.25) is 9.59 Å². The maximum Gasteiger partial charge on any atom is 0.326 e. The molecule has 0 saturated heterocycles. The molecule has 2 aromatic carbocycles. The lowest BCUT2D eigenvalue weighted by Gasteiger charge is -2.14. The number of benzene rings is 2. The number of Topliss-reactive ketones (excluding diaryl/α,β-unsaturated/α-hetero) is 1. The van der Waals surface area contributed by atoms with Gasteiger partial charge in [0.25, 0.3) is 0 Å². The number of rotatable bonds is 10. The molecule has 0 heterocycles. The van der Waals surface area contributed by atoms with Gasteiger partial charge >= 0.3 is 5.97 Å². The predicted molar refractivity (Wildman–Crippen MR) is 101 cm³/mol. The average Bonchev–Trinajstić information content (AvgIpc) is 2.67. The number of ketones is 1. The first-order valence-electron chi connectivity index (χ1n) is 8.81. The van der Waals surface area contributed by atoms with Gasteiger partial charge in [0.1, 0.15) is 11.8 Å². The summed E-state index contributed by atoms with van der Waals surface area (Å²) in [6.45, 7) is 2.42. The van der Waals surface area contributed by atoms with Crippen molar-refractivity contribution < 1.29 is 24.2 Å². The first kappa shape index (κ1) is 20.2. The van der Waals surface area contributed by atoms with E-state index in [1.807, 2.05) is 25.1 Å². The molecule has 0 aliphatic heterocycles. The normalized spacial score (nSPS) is 11.4. The Hall–Kier alpha value is -3.15. The zero-order chi connectivity index (χ0) is 19.6. The van der Waals surface area contributed by atoms with Crippen LogP contribution in [-0.4, -0.2) is 35.4 Å². The van der Waals surface area contributed by atoms with Gasteiger partial charge in [-0.1, -0.05) is 30.3 Å². The number of hydrogen-bond donors (Lipinski definition) is 2. The number of hydrogen-bond acceptors (Lipinski definition) is 4. The van der Waals surface area contributed by atoms with Crippen LogP contribution in [0.5, 0.6) is 5.75 Å². The molecule has 142 valence electrons. The van der Waals surface area contributed by atoms with Crippen LogP contribution >= 0.6 is 0 Å². The van der Waals surface area contributed by atoms with Crippen molar-refractivity contribution in [1.82, 2.24) is 5.32 Å². The largest absolute Gasteiger partial charge is 0.494 e. The monoisotopic (exact) mass is 369 g/mol. The van der Waals surface area contributed by atoms with Gasteiger partial charge in [-0.25, -0.2) is 4.79 Å². The highest BCUT2D eigenvalue weighted by atomic mass is 16.5. The Kier molecular flexibility index (Phi) is 7.55. The van der Waals surface area contributed by atoms with E-state index in [2.05, 4.69) is 5.32 Å². The molecule has 2 aromatic rings. The lowest BCUT2D eigenvalue weighted by Crippen LogP contribution is -2.42.